The van der Waals surface area contributed by atoms with E-state index in [0.717, 1.165) is 0 Å². The van der Waals surface area contributed by atoms with E-state index in [-0.39, 0.29) is 3.57 Å². The standard InChI is InChI=1S/C7H3F5INO2/c8-5(9)4-3(16-7(10,11)12)1-2(13)6(15)14-4/h1,5H,(H,14,15). The van der Waals surface area contributed by atoms with Crippen molar-refractivity contribution in [3.8, 4) is 5.75 Å². The van der Waals surface area contributed by atoms with Crippen LogP contribution in [0.3, 0.4) is 0 Å². The van der Waals surface area contributed by atoms with E-state index in [9.17, 15) is 26.7 Å². The fraction of sp³-hybridized carbons (Fsp3) is 0.286. The summed E-state index contributed by atoms with van der Waals surface area (Å²) >= 11 is 1.41. The molecule has 0 amide bonds. The van der Waals surface area contributed by atoms with Gasteiger partial charge in [0.2, 0.25) is 0 Å². The van der Waals surface area contributed by atoms with E-state index in [1.165, 1.54) is 22.6 Å². The fourth-order valence-electron chi connectivity index (χ4n) is 0.873. The minimum Gasteiger partial charge on any atom is -0.404 e. The Balaban J connectivity index is 3.25. The van der Waals surface area contributed by atoms with Gasteiger partial charge < -0.3 is 9.72 Å². The molecule has 0 aromatic carbocycles. The molecule has 16 heavy (non-hydrogen) atoms. The highest BCUT2D eigenvalue weighted by Crippen LogP contribution is 2.31. The van der Waals surface area contributed by atoms with Crippen molar-refractivity contribution in [2.24, 2.45) is 0 Å². The van der Waals surface area contributed by atoms with Gasteiger partial charge in [0, 0.05) is 6.07 Å². The Kier molecular flexibility index (Phi) is 3.76. The normalized spacial score (nSPS) is 11.9. The second-order valence-electron chi connectivity index (χ2n) is 2.57. The smallest absolute Gasteiger partial charge is 0.404 e. The topological polar surface area (TPSA) is 42.1 Å². The van der Waals surface area contributed by atoms with E-state index >= 15 is 0 Å². The average Bonchev–Trinajstić information content (AvgIpc) is 2.07. The zero-order valence-electron chi connectivity index (χ0n) is 7.24. The number of pyridine rings is 1. The fourth-order valence-corrected chi connectivity index (χ4v) is 1.29. The van der Waals surface area contributed by atoms with E-state index < -0.39 is 29.8 Å². The molecule has 0 aliphatic carbocycles. The van der Waals surface area contributed by atoms with E-state index in [2.05, 4.69) is 4.74 Å². The molecular formula is C7H3F5INO2. The minimum atomic E-state index is -5.09. The van der Waals surface area contributed by atoms with Gasteiger partial charge in [-0.05, 0) is 22.6 Å². The number of H-pyrrole nitrogens is 1. The maximum atomic E-state index is 12.3. The first kappa shape index (κ1) is 13.2. The number of aromatic amines is 1. The first-order chi connectivity index (χ1) is 7.20. The van der Waals surface area contributed by atoms with Gasteiger partial charge in [0.15, 0.2) is 5.75 Å². The van der Waals surface area contributed by atoms with E-state index in [0.29, 0.717) is 6.07 Å². The molecule has 0 aliphatic rings. The third kappa shape index (κ3) is 3.32. The van der Waals surface area contributed by atoms with Crippen molar-refractivity contribution < 1.29 is 26.7 Å². The Morgan fingerprint density at radius 3 is 2.38 bits per heavy atom. The van der Waals surface area contributed by atoms with Crippen molar-refractivity contribution >= 4 is 22.6 Å². The molecular weight excluding hydrogens is 352 g/mol. The van der Waals surface area contributed by atoms with Gasteiger partial charge >= 0.3 is 6.36 Å². The quantitative estimate of drug-likeness (QED) is 0.655. The van der Waals surface area contributed by atoms with Gasteiger partial charge in [-0.2, -0.15) is 0 Å². The summed E-state index contributed by atoms with van der Waals surface area (Å²) < 4.78 is 63.4. The van der Waals surface area contributed by atoms with Crippen molar-refractivity contribution in [3.05, 3.63) is 25.7 Å². The lowest BCUT2D eigenvalue weighted by atomic mass is 10.3. The molecule has 90 valence electrons. The molecule has 0 radical (unpaired) electrons. The molecule has 0 spiro atoms. The third-order valence-corrected chi connectivity index (χ3v) is 2.23. The Labute approximate surface area is 98.7 Å². The number of halogens is 6. The number of nitrogens with one attached hydrogen (secondary N) is 1. The van der Waals surface area contributed by atoms with Gasteiger partial charge in [-0.1, -0.05) is 0 Å². The summed E-state index contributed by atoms with van der Waals surface area (Å²) in [6.45, 7) is 0. The maximum Gasteiger partial charge on any atom is 0.573 e. The first-order valence-electron chi connectivity index (χ1n) is 3.67. The molecule has 1 aromatic rings. The Morgan fingerprint density at radius 2 is 1.94 bits per heavy atom. The van der Waals surface area contributed by atoms with Gasteiger partial charge in [-0.3, -0.25) is 4.79 Å². The van der Waals surface area contributed by atoms with Gasteiger partial charge in [0.25, 0.3) is 12.0 Å². The van der Waals surface area contributed by atoms with Crippen molar-refractivity contribution in [3.63, 3.8) is 0 Å². The molecule has 1 rings (SSSR count). The van der Waals surface area contributed by atoms with Crippen molar-refractivity contribution in [2.75, 3.05) is 0 Å². The van der Waals surface area contributed by atoms with Gasteiger partial charge in [0.05, 0.1) is 3.57 Å². The molecule has 0 bridgehead atoms. The van der Waals surface area contributed by atoms with E-state index in [1.807, 2.05) is 0 Å². The predicted molar refractivity (Wildman–Crippen MR) is 51.4 cm³/mol. The zero-order valence-corrected chi connectivity index (χ0v) is 9.40. The van der Waals surface area contributed by atoms with Crippen molar-refractivity contribution in [1.82, 2.24) is 4.98 Å². The number of hydrogen-bond donors (Lipinski definition) is 1. The molecule has 9 heteroatoms. The Bertz CT molecular complexity index is 441. The molecule has 1 heterocycles. The third-order valence-electron chi connectivity index (χ3n) is 1.43. The lowest BCUT2D eigenvalue weighted by Crippen LogP contribution is -2.21. The summed E-state index contributed by atoms with van der Waals surface area (Å²) in [6.07, 6.45) is -8.35. The molecule has 0 atom stereocenters. The van der Waals surface area contributed by atoms with Crippen LogP contribution in [0.25, 0.3) is 0 Å². The second-order valence-corrected chi connectivity index (χ2v) is 3.74. The van der Waals surface area contributed by atoms with Crippen LogP contribution in [0.4, 0.5) is 22.0 Å². The molecule has 0 unspecified atom stereocenters. The largest absolute Gasteiger partial charge is 0.573 e. The van der Waals surface area contributed by atoms with Crippen LogP contribution in [0.2, 0.25) is 0 Å². The highest BCUT2D eigenvalue weighted by molar-refractivity contribution is 14.1. The summed E-state index contributed by atoms with van der Waals surface area (Å²) in [5.74, 6) is -1.11. The number of rotatable bonds is 2. The van der Waals surface area contributed by atoms with Crippen molar-refractivity contribution in [2.45, 2.75) is 12.8 Å². The summed E-state index contributed by atoms with van der Waals surface area (Å²) in [7, 11) is 0. The van der Waals surface area contributed by atoms with Crippen LogP contribution in [0.5, 0.6) is 5.75 Å². The lowest BCUT2D eigenvalue weighted by molar-refractivity contribution is -0.275. The molecule has 1 N–H and O–H groups in total. The number of alkyl halides is 5. The Hall–Kier alpha value is -0.870. The van der Waals surface area contributed by atoms with Crippen LogP contribution in [0, 0.1) is 3.57 Å². The van der Waals surface area contributed by atoms with Crippen LogP contribution < -0.4 is 10.3 Å². The molecule has 0 fully saturated rings. The van der Waals surface area contributed by atoms with Crippen LogP contribution in [-0.2, 0) is 0 Å². The molecule has 1 aromatic heterocycles. The van der Waals surface area contributed by atoms with E-state index in [4.69, 9.17) is 0 Å². The predicted octanol–water partition coefficient (Wildman–Crippen LogP) is 2.82. The summed E-state index contributed by atoms with van der Waals surface area (Å²) in [6, 6.07) is 0.606. The number of aromatic nitrogens is 1. The maximum absolute atomic E-state index is 12.3. The van der Waals surface area contributed by atoms with Crippen LogP contribution in [-0.4, -0.2) is 11.3 Å². The van der Waals surface area contributed by atoms with Crippen LogP contribution in [0.1, 0.15) is 12.1 Å². The van der Waals surface area contributed by atoms with Gasteiger partial charge in [-0.15, -0.1) is 13.2 Å². The number of hydrogen-bond acceptors (Lipinski definition) is 2. The highest BCUT2D eigenvalue weighted by Gasteiger charge is 2.33. The molecule has 0 aliphatic heterocycles. The highest BCUT2D eigenvalue weighted by atomic mass is 127. The summed E-state index contributed by atoms with van der Waals surface area (Å²) in [5, 5.41) is 0. The molecule has 0 saturated carbocycles. The summed E-state index contributed by atoms with van der Waals surface area (Å²) in [4.78, 5) is 12.6. The van der Waals surface area contributed by atoms with Gasteiger partial charge in [-0.25, -0.2) is 8.78 Å². The first-order valence-corrected chi connectivity index (χ1v) is 4.75. The minimum absolute atomic E-state index is 0.179. The molecule has 0 saturated heterocycles. The summed E-state index contributed by atoms with van der Waals surface area (Å²) in [5.41, 5.74) is -2.09. The zero-order chi connectivity index (χ0) is 12.5. The monoisotopic (exact) mass is 355 g/mol. The SMILES string of the molecule is O=c1[nH]c(C(F)F)c(OC(F)(F)F)cc1I. The molecule has 3 nitrogen and oxygen atoms in total. The van der Waals surface area contributed by atoms with Crippen LogP contribution in [0.15, 0.2) is 10.9 Å². The van der Waals surface area contributed by atoms with E-state index in [1.54, 1.807) is 4.98 Å². The van der Waals surface area contributed by atoms with Crippen molar-refractivity contribution in [1.29, 1.82) is 0 Å². The second kappa shape index (κ2) is 4.55. The van der Waals surface area contributed by atoms with Crippen LogP contribution >= 0.6 is 22.6 Å². The lowest BCUT2D eigenvalue weighted by Gasteiger charge is -2.12. The Morgan fingerprint density at radius 1 is 1.38 bits per heavy atom. The van der Waals surface area contributed by atoms with Gasteiger partial charge in [0.1, 0.15) is 5.69 Å². The average molecular weight is 355 g/mol. The number of ether oxygens (including phenoxy) is 1.